The SMILES string of the molecule is Cc1cc(C)c(C(=O)c2c(F)cccc2Cl)c(F)c1. The van der Waals surface area contributed by atoms with E-state index < -0.39 is 17.4 Å². The minimum atomic E-state index is -0.753. The highest BCUT2D eigenvalue weighted by Crippen LogP contribution is 2.25. The fraction of sp³-hybridized carbons (Fsp3) is 0.133. The molecular weight excluding hydrogens is 270 g/mol. The monoisotopic (exact) mass is 280 g/mol. The highest BCUT2D eigenvalue weighted by atomic mass is 35.5. The third-order valence-corrected chi connectivity index (χ3v) is 3.16. The Morgan fingerprint density at radius 1 is 1.05 bits per heavy atom. The van der Waals surface area contributed by atoms with Gasteiger partial charge in [0.05, 0.1) is 16.1 Å². The third kappa shape index (κ3) is 2.51. The number of benzene rings is 2. The van der Waals surface area contributed by atoms with Crippen molar-refractivity contribution in [2.24, 2.45) is 0 Å². The molecule has 0 saturated carbocycles. The minimum absolute atomic E-state index is 0.0237. The molecule has 1 nitrogen and oxygen atoms in total. The maximum atomic E-state index is 13.9. The largest absolute Gasteiger partial charge is 0.288 e. The summed E-state index contributed by atoms with van der Waals surface area (Å²) in [6.45, 7) is 3.33. The van der Waals surface area contributed by atoms with Crippen LogP contribution in [0.1, 0.15) is 27.0 Å². The molecule has 0 aliphatic carbocycles. The van der Waals surface area contributed by atoms with Crippen LogP contribution in [0, 0.1) is 25.5 Å². The molecule has 0 fully saturated rings. The fourth-order valence-corrected chi connectivity index (χ4v) is 2.29. The van der Waals surface area contributed by atoms with Gasteiger partial charge in [0.25, 0.3) is 0 Å². The van der Waals surface area contributed by atoms with Crippen LogP contribution >= 0.6 is 11.6 Å². The zero-order valence-electron chi connectivity index (χ0n) is 10.4. The molecule has 0 N–H and O–H groups in total. The molecule has 4 heteroatoms. The van der Waals surface area contributed by atoms with Gasteiger partial charge in [0.1, 0.15) is 11.6 Å². The Kier molecular flexibility index (Phi) is 3.67. The number of rotatable bonds is 2. The summed E-state index contributed by atoms with van der Waals surface area (Å²) in [4.78, 5) is 12.3. The molecule has 0 spiro atoms. The van der Waals surface area contributed by atoms with Gasteiger partial charge >= 0.3 is 0 Å². The molecule has 2 aromatic carbocycles. The average Bonchev–Trinajstić information content (AvgIpc) is 2.26. The van der Waals surface area contributed by atoms with Crippen molar-refractivity contribution in [2.45, 2.75) is 13.8 Å². The standard InChI is InChI=1S/C15H11ClF2O/c1-8-6-9(2)13(12(18)7-8)15(19)14-10(16)4-3-5-11(14)17/h3-7H,1-2H3. The zero-order valence-corrected chi connectivity index (χ0v) is 11.2. The molecule has 0 saturated heterocycles. The van der Waals surface area contributed by atoms with Gasteiger partial charge in [0.15, 0.2) is 0 Å². The normalized spacial score (nSPS) is 10.6. The van der Waals surface area contributed by atoms with E-state index in [-0.39, 0.29) is 16.1 Å². The first-order chi connectivity index (χ1) is 8.91. The predicted molar refractivity (Wildman–Crippen MR) is 70.7 cm³/mol. The van der Waals surface area contributed by atoms with Crippen molar-refractivity contribution in [3.63, 3.8) is 0 Å². The van der Waals surface area contributed by atoms with Crippen LogP contribution in [0.3, 0.4) is 0 Å². The van der Waals surface area contributed by atoms with Crippen LogP contribution in [0.2, 0.25) is 5.02 Å². The van der Waals surface area contributed by atoms with E-state index in [4.69, 9.17) is 11.6 Å². The second-order valence-corrected chi connectivity index (χ2v) is 4.77. The molecule has 0 amide bonds. The Balaban J connectivity index is 2.64. The van der Waals surface area contributed by atoms with Crippen LogP contribution in [-0.4, -0.2) is 5.78 Å². The molecule has 0 aromatic heterocycles. The Morgan fingerprint density at radius 3 is 2.32 bits per heavy atom. The van der Waals surface area contributed by atoms with Crippen molar-refractivity contribution < 1.29 is 13.6 Å². The predicted octanol–water partition coefficient (Wildman–Crippen LogP) is 4.47. The average molecular weight is 281 g/mol. The van der Waals surface area contributed by atoms with Crippen LogP contribution in [0.15, 0.2) is 30.3 Å². The topological polar surface area (TPSA) is 17.1 Å². The number of aryl methyl sites for hydroxylation is 2. The molecule has 0 atom stereocenters. The molecule has 2 aromatic rings. The van der Waals surface area contributed by atoms with Crippen molar-refractivity contribution in [1.29, 1.82) is 0 Å². The van der Waals surface area contributed by atoms with Crippen LogP contribution in [0.4, 0.5) is 8.78 Å². The maximum absolute atomic E-state index is 13.9. The number of carbonyl (C=O) groups is 1. The first-order valence-electron chi connectivity index (χ1n) is 5.67. The number of hydrogen-bond acceptors (Lipinski definition) is 1. The van der Waals surface area contributed by atoms with Gasteiger partial charge in [-0.2, -0.15) is 0 Å². The van der Waals surface area contributed by atoms with Crippen molar-refractivity contribution >= 4 is 17.4 Å². The minimum Gasteiger partial charge on any atom is -0.288 e. The Morgan fingerprint density at radius 2 is 1.74 bits per heavy atom. The van der Waals surface area contributed by atoms with E-state index in [9.17, 15) is 13.6 Å². The van der Waals surface area contributed by atoms with Gasteiger partial charge in [-0.1, -0.05) is 23.7 Å². The third-order valence-electron chi connectivity index (χ3n) is 2.85. The van der Waals surface area contributed by atoms with E-state index in [1.54, 1.807) is 19.9 Å². The summed E-state index contributed by atoms with van der Waals surface area (Å²) in [6.07, 6.45) is 0. The van der Waals surface area contributed by atoms with Gasteiger partial charge in [-0.05, 0) is 43.2 Å². The molecule has 0 bridgehead atoms. The lowest BCUT2D eigenvalue weighted by atomic mass is 9.96. The van der Waals surface area contributed by atoms with Crippen LogP contribution in [-0.2, 0) is 0 Å². The van der Waals surface area contributed by atoms with Gasteiger partial charge in [-0.25, -0.2) is 8.78 Å². The van der Waals surface area contributed by atoms with Crippen LogP contribution in [0.5, 0.6) is 0 Å². The Hall–Kier alpha value is -1.74. The van der Waals surface area contributed by atoms with E-state index in [1.807, 2.05) is 0 Å². The summed E-state index contributed by atoms with van der Waals surface area (Å²) >= 11 is 5.83. The van der Waals surface area contributed by atoms with E-state index in [0.29, 0.717) is 11.1 Å². The van der Waals surface area contributed by atoms with Gasteiger partial charge in [-0.15, -0.1) is 0 Å². The second kappa shape index (κ2) is 5.10. The Labute approximate surface area is 114 Å². The lowest BCUT2D eigenvalue weighted by Crippen LogP contribution is -2.10. The zero-order chi connectivity index (χ0) is 14.2. The van der Waals surface area contributed by atoms with E-state index >= 15 is 0 Å². The van der Waals surface area contributed by atoms with Gasteiger partial charge in [-0.3, -0.25) is 4.79 Å². The number of hydrogen-bond donors (Lipinski definition) is 0. The molecule has 0 aliphatic heterocycles. The molecule has 98 valence electrons. The molecule has 0 unspecified atom stereocenters. The maximum Gasteiger partial charge on any atom is 0.200 e. The summed E-state index contributed by atoms with van der Waals surface area (Å²) in [6, 6.07) is 6.84. The number of halogens is 3. The molecule has 0 heterocycles. The molecular formula is C15H11ClF2O. The second-order valence-electron chi connectivity index (χ2n) is 4.36. The summed E-state index contributed by atoms with van der Waals surface area (Å²) in [7, 11) is 0. The highest BCUT2D eigenvalue weighted by molar-refractivity contribution is 6.35. The lowest BCUT2D eigenvalue weighted by Gasteiger charge is -2.09. The molecule has 0 radical (unpaired) electrons. The van der Waals surface area contributed by atoms with E-state index in [0.717, 1.165) is 6.07 Å². The van der Waals surface area contributed by atoms with Crippen molar-refractivity contribution in [3.05, 3.63) is 69.2 Å². The summed E-state index contributed by atoms with van der Waals surface area (Å²) in [5.74, 6) is -2.16. The molecule has 0 aliphatic rings. The van der Waals surface area contributed by atoms with Crippen molar-refractivity contribution in [3.8, 4) is 0 Å². The quantitative estimate of drug-likeness (QED) is 0.742. The van der Waals surface area contributed by atoms with E-state index in [2.05, 4.69) is 0 Å². The number of carbonyl (C=O) groups excluding carboxylic acids is 1. The molecule has 2 rings (SSSR count). The number of ketones is 1. The van der Waals surface area contributed by atoms with Crippen LogP contribution in [0.25, 0.3) is 0 Å². The van der Waals surface area contributed by atoms with Gasteiger partial charge in [0, 0.05) is 0 Å². The Bertz CT molecular complexity index is 622. The summed E-state index contributed by atoms with van der Waals surface area (Å²) < 4.78 is 27.6. The summed E-state index contributed by atoms with van der Waals surface area (Å²) in [5, 5.41) is -0.0237. The first kappa shape index (κ1) is 13.7. The first-order valence-corrected chi connectivity index (χ1v) is 6.05. The van der Waals surface area contributed by atoms with Crippen LogP contribution < -0.4 is 0 Å². The summed E-state index contributed by atoms with van der Waals surface area (Å²) in [5.41, 5.74) is 0.723. The van der Waals surface area contributed by atoms with Gasteiger partial charge in [0.2, 0.25) is 5.78 Å². The smallest absolute Gasteiger partial charge is 0.200 e. The fourth-order valence-electron chi connectivity index (χ4n) is 2.04. The van der Waals surface area contributed by atoms with Crippen molar-refractivity contribution in [2.75, 3.05) is 0 Å². The van der Waals surface area contributed by atoms with Gasteiger partial charge < -0.3 is 0 Å². The van der Waals surface area contributed by atoms with E-state index in [1.165, 1.54) is 18.2 Å². The lowest BCUT2D eigenvalue weighted by molar-refractivity contribution is 0.103. The van der Waals surface area contributed by atoms with Crippen molar-refractivity contribution in [1.82, 2.24) is 0 Å². The highest BCUT2D eigenvalue weighted by Gasteiger charge is 2.22. The molecule has 19 heavy (non-hydrogen) atoms.